The van der Waals surface area contributed by atoms with Gasteiger partial charge in [-0.2, -0.15) is 0 Å². The Hall–Kier alpha value is -2.89. The molecule has 1 aliphatic rings. The van der Waals surface area contributed by atoms with Crippen LogP contribution in [-0.2, 0) is 4.79 Å². The number of para-hydroxylation sites is 2. The molecule has 6 heteroatoms. The van der Waals surface area contributed by atoms with E-state index in [2.05, 4.69) is 10.3 Å². The van der Waals surface area contributed by atoms with Crippen molar-refractivity contribution in [1.82, 2.24) is 4.98 Å². The number of hydrogen-bond acceptors (Lipinski definition) is 3. The SMILES string of the molecule is O=C1CN(C(=O)c2cc[nH]c(=O)c2)c2ccccc2N1. The fraction of sp³-hybridized carbons (Fsp3) is 0.0714. The number of H-pyrrole nitrogens is 1. The molecule has 3 rings (SSSR count). The molecule has 2 aromatic rings. The predicted molar refractivity (Wildman–Crippen MR) is 73.8 cm³/mol. The Morgan fingerprint density at radius 2 is 1.95 bits per heavy atom. The molecule has 1 aliphatic heterocycles. The van der Waals surface area contributed by atoms with Crippen LogP contribution in [0.15, 0.2) is 47.4 Å². The fourth-order valence-corrected chi connectivity index (χ4v) is 2.15. The van der Waals surface area contributed by atoms with Crippen molar-refractivity contribution in [2.45, 2.75) is 0 Å². The molecule has 0 atom stereocenters. The summed E-state index contributed by atoms with van der Waals surface area (Å²) in [6.07, 6.45) is 1.41. The zero-order valence-corrected chi connectivity index (χ0v) is 10.4. The highest BCUT2D eigenvalue weighted by Crippen LogP contribution is 2.29. The van der Waals surface area contributed by atoms with Crippen molar-refractivity contribution in [3.8, 4) is 0 Å². The van der Waals surface area contributed by atoms with Gasteiger partial charge in [0.1, 0.15) is 6.54 Å². The maximum atomic E-state index is 12.5. The Kier molecular flexibility index (Phi) is 2.83. The molecule has 2 amide bonds. The van der Waals surface area contributed by atoms with Crippen LogP contribution < -0.4 is 15.8 Å². The molecule has 0 saturated carbocycles. The molecule has 20 heavy (non-hydrogen) atoms. The van der Waals surface area contributed by atoms with Gasteiger partial charge in [0.25, 0.3) is 5.91 Å². The molecular formula is C14H11N3O3. The topological polar surface area (TPSA) is 82.3 Å². The molecule has 0 spiro atoms. The lowest BCUT2D eigenvalue weighted by molar-refractivity contribution is -0.115. The first-order valence-corrected chi connectivity index (χ1v) is 6.04. The Morgan fingerprint density at radius 1 is 1.15 bits per heavy atom. The number of carbonyl (C=O) groups is 2. The number of nitrogens with one attached hydrogen (secondary N) is 2. The summed E-state index contributed by atoms with van der Waals surface area (Å²) >= 11 is 0. The zero-order valence-electron chi connectivity index (χ0n) is 10.4. The second kappa shape index (κ2) is 4.65. The largest absolute Gasteiger partial charge is 0.329 e. The molecule has 2 N–H and O–H groups in total. The third-order valence-electron chi connectivity index (χ3n) is 3.04. The van der Waals surface area contributed by atoms with Crippen molar-refractivity contribution >= 4 is 23.2 Å². The first-order valence-electron chi connectivity index (χ1n) is 6.04. The van der Waals surface area contributed by atoms with Gasteiger partial charge in [-0.05, 0) is 18.2 Å². The number of benzene rings is 1. The molecule has 0 bridgehead atoms. The van der Waals surface area contributed by atoms with E-state index in [1.54, 1.807) is 24.3 Å². The summed E-state index contributed by atoms with van der Waals surface area (Å²) in [6, 6.07) is 9.77. The Morgan fingerprint density at radius 3 is 2.75 bits per heavy atom. The van der Waals surface area contributed by atoms with Crippen LogP contribution in [0.1, 0.15) is 10.4 Å². The van der Waals surface area contributed by atoms with Crippen molar-refractivity contribution in [3.05, 3.63) is 58.5 Å². The molecule has 0 unspecified atom stereocenters. The van der Waals surface area contributed by atoms with Gasteiger partial charge in [0.15, 0.2) is 0 Å². The number of carbonyl (C=O) groups excluding carboxylic acids is 2. The summed E-state index contributed by atoms with van der Waals surface area (Å²) in [6.45, 7) is -0.0668. The summed E-state index contributed by atoms with van der Waals surface area (Å²) in [4.78, 5) is 39.2. The minimum atomic E-state index is -0.376. The van der Waals surface area contributed by atoms with Gasteiger partial charge in [-0.1, -0.05) is 12.1 Å². The number of amides is 2. The monoisotopic (exact) mass is 269 g/mol. The van der Waals surface area contributed by atoms with E-state index in [9.17, 15) is 14.4 Å². The lowest BCUT2D eigenvalue weighted by Gasteiger charge is -2.29. The number of pyridine rings is 1. The first-order chi connectivity index (χ1) is 9.65. The highest BCUT2D eigenvalue weighted by atomic mass is 16.2. The fourth-order valence-electron chi connectivity index (χ4n) is 2.15. The van der Waals surface area contributed by atoms with E-state index in [-0.39, 0.29) is 29.5 Å². The summed E-state index contributed by atoms with van der Waals surface area (Å²) < 4.78 is 0. The van der Waals surface area contributed by atoms with Crippen molar-refractivity contribution in [2.24, 2.45) is 0 Å². The van der Waals surface area contributed by atoms with Crippen molar-refractivity contribution in [3.63, 3.8) is 0 Å². The molecule has 1 aromatic heterocycles. The molecule has 0 radical (unpaired) electrons. The van der Waals surface area contributed by atoms with Crippen molar-refractivity contribution in [2.75, 3.05) is 16.8 Å². The van der Waals surface area contributed by atoms with E-state index in [4.69, 9.17) is 0 Å². The average Bonchev–Trinajstić information content (AvgIpc) is 2.45. The highest BCUT2D eigenvalue weighted by molar-refractivity contribution is 6.15. The van der Waals surface area contributed by atoms with Crippen LogP contribution in [-0.4, -0.2) is 23.3 Å². The van der Waals surface area contributed by atoms with E-state index in [1.807, 2.05) is 0 Å². The van der Waals surface area contributed by atoms with Gasteiger partial charge in [-0.15, -0.1) is 0 Å². The Labute approximate surface area is 114 Å². The quantitative estimate of drug-likeness (QED) is 0.809. The second-order valence-electron chi connectivity index (χ2n) is 4.40. The predicted octanol–water partition coefficient (Wildman–Crippen LogP) is 0.974. The van der Waals surface area contributed by atoms with E-state index in [1.165, 1.54) is 23.2 Å². The molecule has 2 heterocycles. The van der Waals surface area contributed by atoms with Crippen molar-refractivity contribution < 1.29 is 9.59 Å². The average molecular weight is 269 g/mol. The van der Waals surface area contributed by atoms with Crippen LogP contribution >= 0.6 is 0 Å². The smallest absolute Gasteiger partial charge is 0.259 e. The molecule has 1 aromatic carbocycles. The number of anilines is 2. The van der Waals surface area contributed by atoms with Gasteiger partial charge in [-0.3, -0.25) is 19.3 Å². The number of hydrogen-bond donors (Lipinski definition) is 2. The Balaban J connectivity index is 2.04. The summed E-state index contributed by atoms with van der Waals surface area (Å²) in [7, 11) is 0. The summed E-state index contributed by atoms with van der Waals surface area (Å²) in [5.74, 6) is -0.639. The second-order valence-corrected chi connectivity index (χ2v) is 4.40. The van der Waals surface area contributed by atoms with Gasteiger partial charge in [0.05, 0.1) is 11.4 Å². The van der Waals surface area contributed by atoms with E-state index < -0.39 is 0 Å². The van der Waals surface area contributed by atoms with Gasteiger partial charge >= 0.3 is 0 Å². The lowest BCUT2D eigenvalue weighted by Crippen LogP contribution is -2.42. The van der Waals surface area contributed by atoms with E-state index in [0.717, 1.165) is 0 Å². The Bertz CT molecular complexity index is 751. The third kappa shape index (κ3) is 2.07. The minimum absolute atomic E-state index is 0.0668. The van der Waals surface area contributed by atoms with Gasteiger partial charge in [0, 0.05) is 17.8 Å². The zero-order chi connectivity index (χ0) is 14.1. The maximum Gasteiger partial charge on any atom is 0.259 e. The molecule has 0 aliphatic carbocycles. The summed E-state index contributed by atoms with van der Waals surface area (Å²) in [5, 5.41) is 2.71. The van der Waals surface area contributed by atoms with Gasteiger partial charge in [-0.25, -0.2) is 0 Å². The first kappa shape index (κ1) is 12.2. The maximum absolute atomic E-state index is 12.5. The van der Waals surface area contributed by atoms with Gasteiger partial charge < -0.3 is 10.3 Å². The van der Waals surface area contributed by atoms with E-state index in [0.29, 0.717) is 11.4 Å². The molecular weight excluding hydrogens is 258 g/mol. The number of nitrogens with zero attached hydrogens (tertiary/aromatic N) is 1. The van der Waals surface area contributed by atoms with Crippen LogP contribution in [0.4, 0.5) is 11.4 Å². The number of aromatic nitrogens is 1. The van der Waals surface area contributed by atoms with E-state index >= 15 is 0 Å². The van der Waals surface area contributed by atoms with Crippen LogP contribution in [0.2, 0.25) is 0 Å². The standard InChI is InChI=1S/C14H11N3O3/c18-12-7-9(5-6-15-12)14(20)17-8-13(19)16-10-3-1-2-4-11(10)17/h1-7H,8H2,(H,15,18)(H,16,19). The van der Waals surface area contributed by atoms with Crippen molar-refractivity contribution in [1.29, 1.82) is 0 Å². The molecule has 0 saturated heterocycles. The van der Waals surface area contributed by atoms with Crippen LogP contribution in [0.3, 0.4) is 0 Å². The highest BCUT2D eigenvalue weighted by Gasteiger charge is 2.27. The molecule has 6 nitrogen and oxygen atoms in total. The van der Waals surface area contributed by atoms with Crippen LogP contribution in [0.25, 0.3) is 0 Å². The third-order valence-corrected chi connectivity index (χ3v) is 3.04. The molecule has 0 fully saturated rings. The normalized spacial score (nSPS) is 13.6. The van der Waals surface area contributed by atoms with Gasteiger partial charge in [0.2, 0.25) is 11.5 Å². The van der Waals surface area contributed by atoms with Crippen LogP contribution in [0, 0.1) is 0 Å². The number of aromatic amines is 1. The summed E-state index contributed by atoms with van der Waals surface area (Å²) in [5.41, 5.74) is 1.10. The van der Waals surface area contributed by atoms with Crippen LogP contribution in [0.5, 0.6) is 0 Å². The minimum Gasteiger partial charge on any atom is -0.329 e. The lowest BCUT2D eigenvalue weighted by atomic mass is 10.1. The number of fused-ring (bicyclic) bond motifs is 1. The molecule has 100 valence electrons. The number of rotatable bonds is 1.